The first-order valence-corrected chi connectivity index (χ1v) is 11.9. The summed E-state index contributed by atoms with van der Waals surface area (Å²) in [5, 5.41) is 59.0. The molecule has 4 aromatic carbocycles. The minimum atomic E-state index is -1.12. The van der Waals surface area contributed by atoms with Gasteiger partial charge in [-0.15, -0.1) is 0 Å². The summed E-state index contributed by atoms with van der Waals surface area (Å²) in [7, 11) is 0. The van der Waals surface area contributed by atoms with Gasteiger partial charge in [0, 0.05) is 23.6 Å². The van der Waals surface area contributed by atoms with Crippen molar-refractivity contribution in [3.8, 4) is 23.0 Å². The highest BCUT2D eigenvalue weighted by Crippen LogP contribution is 2.37. The van der Waals surface area contributed by atoms with E-state index >= 15 is 0 Å². The summed E-state index contributed by atoms with van der Waals surface area (Å²) in [6.07, 6.45) is 2.68. The third-order valence-electron chi connectivity index (χ3n) is 6.14. The summed E-state index contributed by atoms with van der Waals surface area (Å²) in [4.78, 5) is 32.1. The van der Waals surface area contributed by atoms with Crippen LogP contribution < -0.4 is 0 Å². The molecule has 0 amide bonds. The van der Waals surface area contributed by atoms with Gasteiger partial charge in [-0.05, 0) is 59.7 Å². The number of nitrogens with zero attached hydrogens (tertiary/aromatic N) is 2. The number of aromatic carboxylic acids is 2. The number of carboxylic acids is 2. The third-order valence-corrected chi connectivity index (χ3v) is 6.14. The molecular formula is C30H24N2O8. The quantitative estimate of drug-likeness (QED) is 0.128. The van der Waals surface area contributed by atoms with Crippen molar-refractivity contribution < 1.29 is 40.2 Å². The molecule has 0 aliphatic carbocycles. The van der Waals surface area contributed by atoms with Gasteiger partial charge in [0.15, 0.2) is 23.0 Å². The molecule has 0 radical (unpaired) electrons. The number of carboxylic acid groups (broad SMARTS) is 2. The van der Waals surface area contributed by atoms with Crippen molar-refractivity contribution >= 4 is 24.4 Å². The van der Waals surface area contributed by atoms with E-state index in [1.807, 2.05) is 0 Å². The summed E-state index contributed by atoms with van der Waals surface area (Å²) >= 11 is 0. The maximum atomic E-state index is 11.4. The van der Waals surface area contributed by atoms with Crippen molar-refractivity contribution in [3.05, 3.63) is 118 Å². The monoisotopic (exact) mass is 540 g/mol. The molecule has 202 valence electrons. The SMILES string of the molecule is O=C(O)c1ccc([C@H](N=Cc2cccc(O)c2O)[C@@H](N=Cc2cccc(O)c2O)c2ccc(C(=O)O)cc2)cc1. The zero-order chi connectivity index (χ0) is 28.8. The molecule has 6 N–H and O–H groups in total. The molecule has 2 atom stereocenters. The fraction of sp³-hybridized carbons (Fsp3) is 0.0667. The molecule has 0 spiro atoms. The second kappa shape index (κ2) is 11.8. The van der Waals surface area contributed by atoms with E-state index in [4.69, 9.17) is 0 Å². The number of carbonyl (C=O) groups is 2. The fourth-order valence-electron chi connectivity index (χ4n) is 3.97. The summed E-state index contributed by atoms with van der Waals surface area (Å²) in [6, 6.07) is 18.9. The lowest BCUT2D eigenvalue weighted by Crippen LogP contribution is -2.10. The van der Waals surface area contributed by atoms with Crippen LogP contribution in [-0.2, 0) is 0 Å². The maximum absolute atomic E-state index is 11.4. The Morgan fingerprint density at radius 1 is 0.550 bits per heavy atom. The lowest BCUT2D eigenvalue weighted by Gasteiger charge is -2.22. The zero-order valence-electron chi connectivity index (χ0n) is 20.8. The molecule has 0 aliphatic rings. The van der Waals surface area contributed by atoms with Gasteiger partial charge < -0.3 is 30.6 Å². The standard InChI is InChI=1S/C30H24N2O8/c33-23-5-1-3-21(27(23)35)15-31-25(17-7-11-19(12-8-17)29(37)38)26(18-9-13-20(14-10-18)30(39)40)32-16-22-4-2-6-24(34)28(22)36/h1-16,25-26,33-36H,(H,37,38)(H,39,40)/t25-,26-/m0/s1. The molecule has 0 aromatic heterocycles. The Hall–Kier alpha value is -5.64. The van der Waals surface area contributed by atoms with E-state index in [2.05, 4.69) is 9.98 Å². The highest BCUT2D eigenvalue weighted by atomic mass is 16.4. The average molecular weight is 541 g/mol. The number of phenolic OH excluding ortho intramolecular Hbond substituents is 4. The molecule has 4 rings (SSSR count). The van der Waals surface area contributed by atoms with Crippen LogP contribution in [0.3, 0.4) is 0 Å². The van der Waals surface area contributed by atoms with E-state index in [1.54, 1.807) is 24.3 Å². The van der Waals surface area contributed by atoms with Gasteiger partial charge in [-0.3, -0.25) is 9.98 Å². The summed E-state index contributed by atoms with van der Waals surface area (Å²) in [5.74, 6) is -3.69. The number of hydrogen-bond acceptors (Lipinski definition) is 8. The maximum Gasteiger partial charge on any atom is 0.335 e. The van der Waals surface area contributed by atoms with Gasteiger partial charge in [-0.25, -0.2) is 9.59 Å². The number of aliphatic imine (C=N–C) groups is 2. The van der Waals surface area contributed by atoms with Gasteiger partial charge in [0.1, 0.15) is 12.1 Å². The minimum Gasteiger partial charge on any atom is -0.504 e. The molecule has 0 aliphatic heterocycles. The predicted molar refractivity (Wildman–Crippen MR) is 147 cm³/mol. The van der Waals surface area contributed by atoms with Crippen molar-refractivity contribution in [2.45, 2.75) is 12.1 Å². The number of aromatic hydroxyl groups is 4. The summed E-state index contributed by atoms with van der Waals surface area (Å²) < 4.78 is 0. The predicted octanol–water partition coefficient (Wildman–Crippen LogP) is 4.93. The van der Waals surface area contributed by atoms with Gasteiger partial charge in [0.05, 0.1) is 11.1 Å². The first-order valence-electron chi connectivity index (χ1n) is 11.9. The lowest BCUT2D eigenvalue weighted by atomic mass is 9.92. The van der Waals surface area contributed by atoms with Crippen molar-refractivity contribution in [2.75, 3.05) is 0 Å². The average Bonchev–Trinajstić information content (AvgIpc) is 2.95. The second-order valence-electron chi connectivity index (χ2n) is 8.73. The molecule has 40 heavy (non-hydrogen) atoms. The first kappa shape index (κ1) is 27.4. The van der Waals surface area contributed by atoms with E-state index in [0.29, 0.717) is 11.1 Å². The molecule has 0 unspecified atom stereocenters. The number of hydrogen-bond donors (Lipinski definition) is 6. The number of benzene rings is 4. The van der Waals surface area contributed by atoms with E-state index < -0.39 is 24.0 Å². The van der Waals surface area contributed by atoms with Crippen LogP contribution in [0, 0.1) is 0 Å². The molecule has 0 bridgehead atoms. The smallest absolute Gasteiger partial charge is 0.335 e. The molecule has 10 heteroatoms. The van der Waals surface area contributed by atoms with Gasteiger partial charge in [-0.1, -0.05) is 36.4 Å². The van der Waals surface area contributed by atoms with Crippen LogP contribution in [-0.4, -0.2) is 55.0 Å². The highest BCUT2D eigenvalue weighted by Gasteiger charge is 2.25. The molecule has 0 heterocycles. The van der Waals surface area contributed by atoms with Crippen molar-refractivity contribution in [1.29, 1.82) is 0 Å². The van der Waals surface area contributed by atoms with Crippen LogP contribution in [0.25, 0.3) is 0 Å². The van der Waals surface area contributed by atoms with Gasteiger partial charge in [-0.2, -0.15) is 0 Å². The number of rotatable bonds is 9. The van der Waals surface area contributed by atoms with Gasteiger partial charge >= 0.3 is 11.9 Å². The Balaban J connectivity index is 1.88. The summed E-state index contributed by atoms with van der Waals surface area (Å²) in [6.45, 7) is 0. The van der Waals surface area contributed by atoms with Crippen molar-refractivity contribution in [3.63, 3.8) is 0 Å². The topological polar surface area (TPSA) is 180 Å². The Morgan fingerprint density at radius 3 is 1.23 bits per heavy atom. The molecule has 0 fully saturated rings. The molecule has 10 nitrogen and oxygen atoms in total. The largest absolute Gasteiger partial charge is 0.504 e. The lowest BCUT2D eigenvalue weighted by molar-refractivity contribution is 0.0686. The Labute approximate surface area is 228 Å². The molecular weight excluding hydrogens is 516 g/mol. The highest BCUT2D eigenvalue weighted by molar-refractivity contribution is 5.88. The van der Waals surface area contributed by atoms with Crippen LogP contribution in [0.15, 0.2) is 94.9 Å². The number of phenols is 4. The summed E-state index contributed by atoms with van der Waals surface area (Å²) in [5.41, 5.74) is 1.58. The Bertz CT molecular complexity index is 1470. The van der Waals surface area contributed by atoms with Crippen molar-refractivity contribution in [1.82, 2.24) is 0 Å². The Morgan fingerprint density at radius 2 is 0.900 bits per heavy atom. The van der Waals surface area contributed by atoms with Crippen LogP contribution >= 0.6 is 0 Å². The molecule has 4 aromatic rings. The van der Waals surface area contributed by atoms with Crippen LogP contribution in [0.1, 0.15) is 55.1 Å². The van der Waals surface area contributed by atoms with Crippen molar-refractivity contribution in [2.24, 2.45) is 9.98 Å². The normalized spacial score (nSPS) is 12.9. The molecule has 0 saturated carbocycles. The molecule has 0 saturated heterocycles. The number of para-hydroxylation sites is 2. The van der Waals surface area contributed by atoms with E-state index in [-0.39, 0.29) is 45.3 Å². The van der Waals surface area contributed by atoms with E-state index in [1.165, 1.54) is 73.1 Å². The Kier molecular flexibility index (Phi) is 8.10. The van der Waals surface area contributed by atoms with Gasteiger partial charge in [0.25, 0.3) is 0 Å². The fourth-order valence-corrected chi connectivity index (χ4v) is 3.97. The van der Waals surface area contributed by atoms with E-state index in [0.717, 1.165) is 0 Å². The minimum absolute atomic E-state index is 0.0488. The first-order chi connectivity index (χ1) is 19.2. The van der Waals surface area contributed by atoms with Crippen LogP contribution in [0.5, 0.6) is 23.0 Å². The second-order valence-corrected chi connectivity index (χ2v) is 8.73. The van der Waals surface area contributed by atoms with Crippen LogP contribution in [0.2, 0.25) is 0 Å². The third kappa shape index (κ3) is 6.08. The van der Waals surface area contributed by atoms with Gasteiger partial charge in [0.2, 0.25) is 0 Å². The zero-order valence-corrected chi connectivity index (χ0v) is 20.8. The van der Waals surface area contributed by atoms with E-state index in [9.17, 15) is 40.2 Å². The van der Waals surface area contributed by atoms with Crippen LogP contribution in [0.4, 0.5) is 0 Å².